The van der Waals surface area contributed by atoms with Crippen LogP contribution in [0, 0.1) is 11.3 Å². The van der Waals surface area contributed by atoms with Crippen molar-refractivity contribution in [1.29, 1.82) is 5.26 Å². The van der Waals surface area contributed by atoms with E-state index in [1.54, 1.807) is 0 Å². The summed E-state index contributed by atoms with van der Waals surface area (Å²) in [6, 6.07) is 2.47. The molecule has 0 spiro atoms. The van der Waals surface area contributed by atoms with Crippen LogP contribution in [0.15, 0.2) is 0 Å². The quantitative estimate of drug-likeness (QED) is 0.646. The molecule has 110 valence electrons. The van der Waals surface area contributed by atoms with Gasteiger partial charge in [-0.1, -0.05) is 33.1 Å². The fraction of sp³-hybridized carbons (Fsp3) is 0.938. The van der Waals surface area contributed by atoms with Crippen LogP contribution in [0.4, 0.5) is 0 Å². The van der Waals surface area contributed by atoms with E-state index in [2.05, 4.69) is 25.2 Å². The highest BCUT2D eigenvalue weighted by Crippen LogP contribution is 2.21. The summed E-state index contributed by atoms with van der Waals surface area (Å²) in [5, 5.41) is 12.8. The first-order chi connectivity index (χ1) is 9.26. The van der Waals surface area contributed by atoms with Crippen LogP contribution in [0.25, 0.3) is 0 Å². The third kappa shape index (κ3) is 5.93. The van der Waals surface area contributed by atoms with Gasteiger partial charge in [0.25, 0.3) is 0 Å². The van der Waals surface area contributed by atoms with Crippen molar-refractivity contribution >= 4 is 0 Å². The monoisotopic (exact) mass is 266 g/mol. The van der Waals surface area contributed by atoms with Crippen LogP contribution in [-0.4, -0.2) is 24.8 Å². The SMILES string of the molecule is CCCNC(C#N)(CC)CCCOC1CCCCC1. The van der Waals surface area contributed by atoms with E-state index in [-0.39, 0.29) is 5.54 Å². The van der Waals surface area contributed by atoms with Crippen molar-refractivity contribution in [3.63, 3.8) is 0 Å². The Morgan fingerprint density at radius 2 is 2.00 bits per heavy atom. The summed E-state index contributed by atoms with van der Waals surface area (Å²) < 4.78 is 5.93. The van der Waals surface area contributed by atoms with Gasteiger partial charge in [-0.3, -0.25) is 5.32 Å². The molecule has 3 nitrogen and oxygen atoms in total. The molecule has 0 amide bonds. The molecule has 0 saturated heterocycles. The van der Waals surface area contributed by atoms with Crippen molar-refractivity contribution in [1.82, 2.24) is 5.32 Å². The Balaban J connectivity index is 2.22. The first kappa shape index (κ1) is 16.5. The van der Waals surface area contributed by atoms with Gasteiger partial charge in [0.2, 0.25) is 0 Å². The third-order valence-corrected chi connectivity index (χ3v) is 4.18. The predicted octanol–water partition coefficient (Wildman–Crippen LogP) is 3.79. The van der Waals surface area contributed by atoms with E-state index in [1.807, 2.05) is 0 Å². The highest BCUT2D eigenvalue weighted by atomic mass is 16.5. The summed E-state index contributed by atoms with van der Waals surface area (Å²) in [6.07, 6.45) is 10.8. The van der Waals surface area contributed by atoms with Crippen LogP contribution in [0.2, 0.25) is 0 Å². The summed E-state index contributed by atoms with van der Waals surface area (Å²) in [4.78, 5) is 0. The summed E-state index contributed by atoms with van der Waals surface area (Å²) in [5.74, 6) is 0. The standard InChI is InChI=1S/C16H30N2O/c1-3-12-18-16(4-2,14-17)11-8-13-19-15-9-6-5-7-10-15/h15,18H,3-13H2,1-2H3. The Kier molecular flexibility index (Phi) is 8.09. The van der Waals surface area contributed by atoms with Crippen molar-refractivity contribution in [2.45, 2.75) is 83.3 Å². The van der Waals surface area contributed by atoms with E-state index in [9.17, 15) is 5.26 Å². The molecule has 0 aromatic rings. The lowest BCUT2D eigenvalue weighted by atomic mass is 9.92. The average Bonchev–Trinajstić information content (AvgIpc) is 2.48. The summed E-state index contributed by atoms with van der Waals surface area (Å²) >= 11 is 0. The molecule has 0 heterocycles. The zero-order valence-corrected chi connectivity index (χ0v) is 12.7. The van der Waals surface area contributed by atoms with Gasteiger partial charge in [-0.25, -0.2) is 0 Å². The molecule has 1 fully saturated rings. The largest absolute Gasteiger partial charge is 0.378 e. The fourth-order valence-corrected chi connectivity index (χ4v) is 2.78. The minimum Gasteiger partial charge on any atom is -0.378 e. The van der Waals surface area contributed by atoms with Gasteiger partial charge in [-0.2, -0.15) is 5.26 Å². The molecule has 1 saturated carbocycles. The maximum absolute atomic E-state index is 9.40. The molecule has 1 rings (SSSR count). The van der Waals surface area contributed by atoms with Crippen LogP contribution in [0.3, 0.4) is 0 Å². The van der Waals surface area contributed by atoms with Gasteiger partial charge in [0.1, 0.15) is 5.54 Å². The summed E-state index contributed by atoms with van der Waals surface area (Å²) in [5.41, 5.74) is -0.341. The van der Waals surface area contributed by atoms with Crippen molar-refractivity contribution in [3.05, 3.63) is 0 Å². The van der Waals surface area contributed by atoms with E-state index in [1.165, 1.54) is 32.1 Å². The smallest absolute Gasteiger partial charge is 0.106 e. The number of hydrogen-bond acceptors (Lipinski definition) is 3. The number of nitrogens with zero attached hydrogens (tertiary/aromatic N) is 1. The second kappa shape index (κ2) is 9.34. The molecule has 19 heavy (non-hydrogen) atoms. The van der Waals surface area contributed by atoms with Gasteiger partial charge in [0.05, 0.1) is 12.2 Å². The molecule has 3 heteroatoms. The highest BCUT2D eigenvalue weighted by molar-refractivity contribution is 5.06. The summed E-state index contributed by atoms with van der Waals surface area (Å²) in [6.45, 7) is 5.96. The van der Waals surface area contributed by atoms with Gasteiger partial charge in [-0.15, -0.1) is 0 Å². The topological polar surface area (TPSA) is 45.0 Å². The number of rotatable bonds is 9. The zero-order valence-electron chi connectivity index (χ0n) is 12.7. The predicted molar refractivity (Wildman–Crippen MR) is 79.0 cm³/mol. The molecule has 1 atom stereocenters. The minimum absolute atomic E-state index is 0.341. The second-order valence-electron chi connectivity index (χ2n) is 5.71. The van der Waals surface area contributed by atoms with Gasteiger partial charge in [0, 0.05) is 6.61 Å². The first-order valence-corrected chi connectivity index (χ1v) is 8.04. The van der Waals surface area contributed by atoms with Crippen LogP contribution in [0.1, 0.15) is 71.6 Å². The molecule has 1 aliphatic carbocycles. The Morgan fingerprint density at radius 3 is 2.58 bits per heavy atom. The Bertz CT molecular complexity index is 268. The van der Waals surface area contributed by atoms with Crippen LogP contribution >= 0.6 is 0 Å². The van der Waals surface area contributed by atoms with Crippen molar-refractivity contribution in [3.8, 4) is 6.07 Å². The number of hydrogen-bond donors (Lipinski definition) is 1. The molecule has 0 aromatic carbocycles. The maximum atomic E-state index is 9.40. The van der Waals surface area contributed by atoms with E-state index < -0.39 is 0 Å². The Hall–Kier alpha value is -0.590. The molecule has 0 aromatic heterocycles. The first-order valence-electron chi connectivity index (χ1n) is 8.04. The second-order valence-corrected chi connectivity index (χ2v) is 5.71. The molecular weight excluding hydrogens is 236 g/mol. The molecular formula is C16H30N2O. The number of nitriles is 1. The Morgan fingerprint density at radius 1 is 1.26 bits per heavy atom. The number of ether oxygens (including phenoxy) is 1. The molecule has 1 aliphatic rings. The van der Waals surface area contributed by atoms with Crippen LogP contribution in [-0.2, 0) is 4.74 Å². The molecule has 1 N–H and O–H groups in total. The van der Waals surface area contributed by atoms with E-state index in [0.29, 0.717) is 6.10 Å². The van der Waals surface area contributed by atoms with Gasteiger partial charge in [-0.05, 0) is 45.1 Å². The van der Waals surface area contributed by atoms with E-state index >= 15 is 0 Å². The molecule has 0 aliphatic heterocycles. The molecule has 1 unspecified atom stereocenters. The number of nitrogens with one attached hydrogen (secondary N) is 1. The van der Waals surface area contributed by atoms with Crippen molar-refractivity contribution < 1.29 is 4.74 Å². The summed E-state index contributed by atoms with van der Waals surface area (Å²) in [7, 11) is 0. The van der Waals surface area contributed by atoms with Gasteiger partial charge >= 0.3 is 0 Å². The third-order valence-electron chi connectivity index (χ3n) is 4.18. The minimum atomic E-state index is -0.341. The van der Waals surface area contributed by atoms with E-state index in [0.717, 1.165) is 38.8 Å². The lowest BCUT2D eigenvalue weighted by Gasteiger charge is -2.27. The van der Waals surface area contributed by atoms with Gasteiger partial charge in [0.15, 0.2) is 0 Å². The fourth-order valence-electron chi connectivity index (χ4n) is 2.78. The highest BCUT2D eigenvalue weighted by Gasteiger charge is 2.26. The lowest BCUT2D eigenvalue weighted by molar-refractivity contribution is 0.0244. The van der Waals surface area contributed by atoms with Crippen molar-refractivity contribution in [2.24, 2.45) is 0 Å². The van der Waals surface area contributed by atoms with Crippen molar-refractivity contribution in [2.75, 3.05) is 13.2 Å². The maximum Gasteiger partial charge on any atom is 0.106 e. The van der Waals surface area contributed by atoms with E-state index in [4.69, 9.17) is 4.74 Å². The normalized spacial score (nSPS) is 19.8. The Labute approximate surface area is 118 Å². The zero-order chi connectivity index (χ0) is 14.0. The lowest BCUT2D eigenvalue weighted by Crippen LogP contribution is -2.44. The molecule has 0 bridgehead atoms. The molecule has 0 radical (unpaired) electrons. The van der Waals surface area contributed by atoms with Gasteiger partial charge < -0.3 is 4.74 Å². The van der Waals surface area contributed by atoms with Crippen LogP contribution in [0.5, 0.6) is 0 Å². The average molecular weight is 266 g/mol. The van der Waals surface area contributed by atoms with Crippen LogP contribution < -0.4 is 5.32 Å².